The minimum atomic E-state index is 0.158. The van der Waals surface area contributed by atoms with Crippen molar-refractivity contribution in [1.29, 1.82) is 0 Å². The Morgan fingerprint density at radius 1 is 1.18 bits per heavy atom. The Morgan fingerprint density at radius 3 is 2.71 bits per heavy atom. The Balaban J connectivity index is 1.97. The summed E-state index contributed by atoms with van der Waals surface area (Å²) >= 11 is 0. The maximum atomic E-state index is 12.5. The molecule has 4 N–H and O–H groups in total. The zero-order valence-electron chi connectivity index (χ0n) is 10.6. The number of hydrogen-bond donors (Lipinski definition) is 2. The maximum absolute atomic E-state index is 12.5. The highest BCUT2D eigenvalue weighted by molar-refractivity contribution is 5.79. The zero-order valence-corrected chi connectivity index (χ0v) is 10.6. The quantitative estimate of drug-likeness (QED) is 0.750. The fraction of sp³-hybridized carbons (Fsp3) is 0.923. The second-order valence-electron chi connectivity index (χ2n) is 5.54. The van der Waals surface area contributed by atoms with Gasteiger partial charge in [0.05, 0.1) is 0 Å². The molecule has 3 atom stereocenters. The van der Waals surface area contributed by atoms with E-state index >= 15 is 0 Å². The Kier molecular flexibility index (Phi) is 4.40. The summed E-state index contributed by atoms with van der Waals surface area (Å²) in [6.07, 6.45) is 7.45. The number of amides is 1. The Bertz CT molecular complexity index is 269. The van der Waals surface area contributed by atoms with E-state index in [0.717, 1.165) is 45.1 Å². The van der Waals surface area contributed by atoms with Gasteiger partial charge in [-0.3, -0.25) is 4.79 Å². The molecule has 1 amide bonds. The van der Waals surface area contributed by atoms with Crippen molar-refractivity contribution in [3.63, 3.8) is 0 Å². The first-order chi connectivity index (χ1) is 8.22. The van der Waals surface area contributed by atoms with Gasteiger partial charge in [-0.25, -0.2) is 0 Å². The van der Waals surface area contributed by atoms with Gasteiger partial charge >= 0.3 is 0 Å². The van der Waals surface area contributed by atoms with Crippen LogP contribution in [0.5, 0.6) is 0 Å². The highest BCUT2D eigenvalue weighted by atomic mass is 16.2. The summed E-state index contributed by atoms with van der Waals surface area (Å²) in [7, 11) is 0. The minimum absolute atomic E-state index is 0.158. The van der Waals surface area contributed by atoms with E-state index in [1.807, 2.05) is 4.90 Å². The molecule has 1 aliphatic heterocycles. The number of nitrogens with zero attached hydrogens (tertiary/aromatic N) is 1. The predicted octanol–water partition coefficient (Wildman–Crippen LogP) is 0.844. The van der Waals surface area contributed by atoms with E-state index < -0.39 is 0 Å². The predicted molar refractivity (Wildman–Crippen MR) is 68.3 cm³/mol. The Morgan fingerprint density at radius 2 is 2.00 bits per heavy atom. The zero-order chi connectivity index (χ0) is 12.3. The summed E-state index contributed by atoms with van der Waals surface area (Å²) in [5, 5.41) is 0. The van der Waals surface area contributed by atoms with E-state index in [2.05, 4.69) is 0 Å². The first-order valence-electron chi connectivity index (χ1n) is 6.98. The van der Waals surface area contributed by atoms with Gasteiger partial charge in [-0.1, -0.05) is 6.42 Å². The van der Waals surface area contributed by atoms with Crippen LogP contribution in [0.4, 0.5) is 0 Å². The second kappa shape index (κ2) is 5.83. The van der Waals surface area contributed by atoms with Crippen LogP contribution >= 0.6 is 0 Å². The molecule has 2 fully saturated rings. The van der Waals surface area contributed by atoms with Gasteiger partial charge in [-0.05, 0) is 38.5 Å². The van der Waals surface area contributed by atoms with Crippen LogP contribution in [0, 0.1) is 5.92 Å². The summed E-state index contributed by atoms with van der Waals surface area (Å²) in [5.41, 5.74) is 11.7. The van der Waals surface area contributed by atoms with Gasteiger partial charge in [0.2, 0.25) is 5.91 Å². The van der Waals surface area contributed by atoms with Crippen molar-refractivity contribution in [3.05, 3.63) is 0 Å². The molecule has 0 aromatic rings. The van der Waals surface area contributed by atoms with Gasteiger partial charge in [0.1, 0.15) is 0 Å². The van der Waals surface area contributed by atoms with Crippen LogP contribution in [0.15, 0.2) is 0 Å². The molecule has 1 saturated heterocycles. The number of piperidine rings is 1. The molecule has 0 radical (unpaired) electrons. The molecule has 98 valence electrons. The Hall–Kier alpha value is -0.610. The molecule has 0 aromatic heterocycles. The topological polar surface area (TPSA) is 72.3 Å². The van der Waals surface area contributed by atoms with Crippen LogP contribution in [-0.2, 0) is 4.79 Å². The van der Waals surface area contributed by atoms with E-state index in [-0.39, 0.29) is 18.0 Å². The molecule has 4 nitrogen and oxygen atoms in total. The fourth-order valence-electron chi connectivity index (χ4n) is 3.22. The fourth-order valence-corrected chi connectivity index (χ4v) is 3.22. The van der Waals surface area contributed by atoms with Gasteiger partial charge < -0.3 is 16.4 Å². The SMILES string of the molecule is NC[C@@H]1CCCCN1C(=O)[C@H]1CCC[C@H](N)C1. The third kappa shape index (κ3) is 2.99. The lowest BCUT2D eigenvalue weighted by molar-refractivity contribution is -0.140. The highest BCUT2D eigenvalue weighted by Crippen LogP contribution is 2.27. The van der Waals surface area contributed by atoms with Gasteiger partial charge in [0.15, 0.2) is 0 Å². The Labute approximate surface area is 104 Å². The van der Waals surface area contributed by atoms with Crippen molar-refractivity contribution in [1.82, 2.24) is 4.90 Å². The average molecular weight is 239 g/mol. The van der Waals surface area contributed by atoms with Crippen LogP contribution in [0.2, 0.25) is 0 Å². The van der Waals surface area contributed by atoms with Crippen molar-refractivity contribution in [2.45, 2.75) is 57.0 Å². The largest absolute Gasteiger partial charge is 0.338 e. The lowest BCUT2D eigenvalue weighted by Gasteiger charge is -2.38. The molecular formula is C13H25N3O. The molecule has 0 aromatic carbocycles. The summed E-state index contributed by atoms with van der Waals surface area (Å²) in [5.74, 6) is 0.473. The number of carbonyl (C=O) groups excluding carboxylic acids is 1. The average Bonchev–Trinajstić information content (AvgIpc) is 2.38. The number of likely N-dealkylation sites (tertiary alicyclic amines) is 1. The number of nitrogens with two attached hydrogens (primary N) is 2. The molecule has 0 unspecified atom stereocenters. The summed E-state index contributed by atoms with van der Waals surface area (Å²) in [6.45, 7) is 1.50. The van der Waals surface area contributed by atoms with Gasteiger partial charge in [-0.2, -0.15) is 0 Å². The van der Waals surface area contributed by atoms with Crippen LogP contribution < -0.4 is 11.5 Å². The molecule has 4 heteroatoms. The standard InChI is InChI=1S/C13H25N3O/c14-9-12-6-1-2-7-16(12)13(17)10-4-3-5-11(15)8-10/h10-12H,1-9,14-15H2/t10-,11-,12-/m0/s1. The van der Waals surface area contributed by atoms with E-state index in [1.54, 1.807) is 0 Å². The molecule has 0 bridgehead atoms. The maximum Gasteiger partial charge on any atom is 0.226 e. The lowest BCUT2D eigenvalue weighted by Crippen LogP contribution is -2.50. The first-order valence-corrected chi connectivity index (χ1v) is 6.98. The number of rotatable bonds is 2. The van der Waals surface area contributed by atoms with E-state index in [1.165, 1.54) is 6.42 Å². The second-order valence-corrected chi connectivity index (χ2v) is 5.54. The van der Waals surface area contributed by atoms with Gasteiger partial charge in [0, 0.05) is 31.1 Å². The van der Waals surface area contributed by atoms with Crippen molar-refractivity contribution in [2.24, 2.45) is 17.4 Å². The molecule has 1 saturated carbocycles. The van der Waals surface area contributed by atoms with Crippen molar-refractivity contribution in [3.8, 4) is 0 Å². The molecule has 1 aliphatic carbocycles. The molecule has 2 rings (SSSR count). The van der Waals surface area contributed by atoms with Crippen LogP contribution in [0.25, 0.3) is 0 Å². The van der Waals surface area contributed by atoms with Crippen LogP contribution in [0.1, 0.15) is 44.9 Å². The van der Waals surface area contributed by atoms with Crippen molar-refractivity contribution in [2.75, 3.05) is 13.1 Å². The normalized spacial score (nSPS) is 34.7. The third-order valence-corrected chi connectivity index (χ3v) is 4.25. The summed E-state index contributed by atoms with van der Waals surface area (Å²) in [6, 6.07) is 0.494. The number of carbonyl (C=O) groups is 1. The summed E-state index contributed by atoms with van der Waals surface area (Å²) < 4.78 is 0. The molecule has 0 spiro atoms. The minimum Gasteiger partial charge on any atom is -0.338 e. The van der Waals surface area contributed by atoms with Gasteiger partial charge in [0.25, 0.3) is 0 Å². The number of hydrogen-bond acceptors (Lipinski definition) is 3. The molecule has 1 heterocycles. The van der Waals surface area contributed by atoms with Crippen molar-refractivity contribution >= 4 is 5.91 Å². The van der Waals surface area contributed by atoms with Crippen molar-refractivity contribution < 1.29 is 4.79 Å². The molecule has 2 aliphatic rings. The van der Waals surface area contributed by atoms with E-state index in [4.69, 9.17) is 11.5 Å². The van der Waals surface area contributed by atoms with Crippen LogP contribution in [0.3, 0.4) is 0 Å². The lowest BCUT2D eigenvalue weighted by atomic mass is 9.84. The first kappa shape index (κ1) is 12.8. The van der Waals surface area contributed by atoms with E-state index in [0.29, 0.717) is 12.5 Å². The molecular weight excluding hydrogens is 214 g/mol. The summed E-state index contributed by atoms with van der Waals surface area (Å²) in [4.78, 5) is 14.5. The van der Waals surface area contributed by atoms with Crippen LogP contribution in [-0.4, -0.2) is 36.0 Å². The van der Waals surface area contributed by atoms with E-state index in [9.17, 15) is 4.79 Å². The van der Waals surface area contributed by atoms with Gasteiger partial charge in [-0.15, -0.1) is 0 Å². The smallest absolute Gasteiger partial charge is 0.226 e. The monoisotopic (exact) mass is 239 g/mol. The molecule has 17 heavy (non-hydrogen) atoms. The third-order valence-electron chi connectivity index (χ3n) is 4.25. The highest BCUT2D eigenvalue weighted by Gasteiger charge is 2.33.